The van der Waals surface area contributed by atoms with Gasteiger partial charge in [-0.05, 0) is 12.8 Å². The van der Waals surface area contributed by atoms with Gasteiger partial charge in [-0.25, -0.2) is 0 Å². The maximum atomic E-state index is 11.8. The molecule has 0 radical (unpaired) electrons. The SMILES string of the molecule is CN=C(NCC(=O)N(C)C)N1CCN(CC(=O)NC2CC2)CC1.I. The van der Waals surface area contributed by atoms with Crippen molar-refractivity contribution in [3.05, 3.63) is 0 Å². The van der Waals surface area contributed by atoms with Gasteiger partial charge in [0.15, 0.2) is 5.96 Å². The van der Waals surface area contributed by atoms with Crippen LogP contribution in [0.4, 0.5) is 0 Å². The quantitative estimate of drug-likeness (QED) is 0.323. The van der Waals surface area contributed by atoms with Crippen LogP contribution < -0.4 is 10.6 Å². The number of aliphatic imine (C=N–C) groups is 1. The van der Waals surface area contributed by atoms with Gasteiger partial charge in [0, 0.05) is 53.4 Å². The van der Waals surface area contributed by atoms with Crippen LogP contribution in [0.5, 0.6) is 0 Å². The summed E-state index contributed by atoms with van der Waals surface area (Å²) in [5.74, 6) is 0.879. The molecule has 138 valence electrons. The average molecular weight is 452 g/mol. The molecule has 24 heavy (non-hydrogen) atoms. The summed E-state index contributed by atoms with van der Waals surface area (Å²) in [5.41, 5.74) is 0. The standard InChI is InChI=1S/C15H28N6O2.HI/c1-16-15(17-10-14(23)19(2)3)21-8-6-20(7-9-21)11-13(22)18-12-4-5-12;/h12H,4-11H2,1-3H3,(H,16,17)(H,18,22);1H. The number of piperazine rings is 1. The van der Waals surface area contributed by atoms with Crippen LogP contribution in [0.2, 0.25) is 0 Å². The van der Waals surface area contributed by atoms with E-state index in [0.717, 1.165) is 45.0 Å². The lowest BCUT2D eigenvalue weighted by Gasteiger charge is -2.36. The van der Waals surface area contributed by atoms with Crippen LogP contribution in [0, 0.1) is 0 Å². The monoisotopic (exact) mass is 452 g/mol. The zero-order valence-electron chi connectivity index (χ0n) is 14.7. The second-order valence-corrected chi connectivity index (χ2v) is 6.29. The number of hydrogen-bond donors (Lipinski definition) is 2. The number of nitrogens with zero attached hydrogens (tertiary/aromatic N) is 4. The molecule has 0 bridgehead atoms. The Morgan fingerprint density at radius 2 is 1.79 bits per heavy atom. The van der Waals surface area contributed by atoms with E-state index in [1.807, 2.05) is 0 Å². The highest BCUT2D eigenvalue weighted by Gasteiger charge is 2.26. The summed E-state index contributed by atoms with van der Waals surface area (Å²) in [7, 11) is 5.19. The number of nitrogens with one attached hydrogen (secondary N) is 2. The average Bonchev–Trinajstić information content (AvgIpc) is 3.32. The van der Waals surface area contributed by atoms with Crippen LogP contribution in [-0.2, 0) is 9.59 Å². The molecule has 2 amide bonds. The van der Waals surface area contributed by atoms with Crippen LogP contribution in [0.25, 0.3) is 0 Å². The van der Waals surface area contributed by atoms with E-state index in [2.05, 4.69) is 25.4 Å². The first-order valence-corrected chi connectivity index (χ1v) is 8.17. The van der Waals surface area contributed by atoms with Gasteiger partial charge in [0.25, 0.3) is 0 Å². The van der Waals surface area contributed by atoms with Crippen molar-refractivity contribution in [2.45, 2.75) is 18.9 Å². The molecule has 0 aromatic rings. The molecule has 0 aromatic carbocycles. The Morgan fingerprint density at radius 1 is 1.17 bits per heavy atom. The molecule has 2 aliphatic rings. The third-order valence-corrected chi connectivity index (χ3v) is 4.09. The van der Waals surface area contributed by atoms with Crippen molar-refractivity contribution in [1.29, 1.82) is 0 Å². The molecule has 0 unspecified atom stereocenters. The second kappa shape index (κ2) is 10.0. The molecule has 1 aliphatic heterocycles. The van der Waals surface area contributed by atoms with Crippen molar-refractivity contribution in [2.75, 3.05) is 60.4 Å². The molecule has 9 heteroatoms. The van der Waals surface area contributed by atoms with Crippen molar-refractivity contribution in [3.8, 4) is 0 Å². The first-order valence-electron chi connectivity index (χ1n) is 8.17. The van der Waals surface area contributed by atoms with Crippen molar-refractivity contribution in [1.82, 2.24) is 25.3 Å². The zero-order chi connectivity index (χ0) is 16.8. The minimum Gasteiger partial charge on any atom is -0.352 e. The maximum absolute atomic E-state index is 11.8. The lowest BCUT2D eigenvalue weighted by atomic mass is 10.3. The molecular weight excluding hydrogens is 423 g/mol. The third kappa shape index (κ3) is 6.80. The van der Waals surface area contributed by atoms with Crippen molar-refractivity contribution in [2.24, 2.45) is 4.99 Å². The van der Waals surface area contributed by atoms with Gasteiger partial charge < -0.3 is 20.4 Å². The number of rotatable bonds is 5. The number of likely N-dealkylation sites (N-methyl/N-ethyl adjacent to an activating group) is 1. The highest BCUT2D eigenvalue weighted by Crippen LogP contribution is 2.18. The Labute approximate surface area is 161 Å². The van der Waals surface area contributed by atoms with Gasteiger partial charge in [-0.15, -0.1) is 24.0 Å². The molecule has 2 N–H and O–H groups in total. The van der Waals surface area contributed by atoms with Crippen LogP contribution in [0.15, 0.2) is 4.99 Å². The Hall–Kier alpha value is -1.10. The first-order chi connectivity index (χ1) is 11.0. The Bertz CT molecular complexity index is 459. The van der Waals surface area contributed by atoms with E-state index in [4.69, 9.17) is 0 Å². The van der Waals surface area contributed by atoms with Crippen LogP contribution in [0.1, 0.15) is 12.8 Å². The van der Waals surface area contributed by atoms with Gasteiger partial charge in [-0.2, -0.15) is 0 Å². The highest BCUT2D eigenvalue weighted by molar-refractivity contribution is 14.0. The van der Waals surface area contributed by atoms with E-state index in [-0.39, 0.29) is 42.3 Å². The Morgan fingerprint density at radius 3 is 2.29 bits per heavy atom. The zero-order valence-corrected chi connectivity index (χ0v) is 17.1. The third-order valence-electron chi connectivity index (χ3n) is 4.09. The van der Waals surface area contributed by atoms with Gasteiger partial charge in [0.05, 0.1) is 13.1 Å². The maximum Gasteiger partial charge on any atom is 0.241 e. The molecular formula is C15H29IN6O2. The van der Waals surface area contributed by atoms with E-state index in [1.54, 1.807) is 26.0 Å². The van der Waals surface area contributed by atoms with E-state index in [9.17, 15) is 9.59 Å². The van der Waals surface area contributed by atoms with Crippen molar-refractivity contribution < 1.29 is 9.59 Å². The van der Waals surface area contributed by atoms with Crippen LogP contribution in [0.3, 0.4) is 0 Å². The fourth-order valence-corrected chi connectivity index (χ4v) is 2.47. The molecule has 0 spiro atoms. The number of carbonyl (C=O) groups is 2. The fourth-order valence-electron chi connectivity index (χ4n) is 2.47. The largest absolute Gasteiger partial charge is 0.352 e. The van der Waals surface area contributed by atoms with Gasteiger partial charge in [-0.1, -0.05) is 0 Å². The predicted molar refractivity (Wildman–Crippen MR) is 105 cm³/mol. The second-order valence-electron chi connectivity index (χ2n) is 6.29. The molecule has 2 rings (SSSR count). The number of amides is 2. The van der Waals surface area contributed by atoms with E-state index in [0.29, 0.717) is 12.6 Å². The molecule has 1 saturated carbocycles. The smallest absolute Gasteiger partial charge is 0.241 e. The minimum atomic E-state index is 0. The molecule has 1 heterocycles. The molecule has 0 atom stereocenters. The molecule has 1 saturated heterocycles. The number of halogens is 1. The molecule has 8 nitrogen and oxygen atoms in total. The Kier molecular flexibility index (Phi) is 8.74. The van der Waals surface area contributed by atoms with Gasteiger partial charge >= 0.3 is 0 Å². The number of hydrogen-bond acceptors (Lipinski definition) is 4. The first kappa shape index (κ1) is 20.9. The number of guanidine groups is 1. The van der Waals surface area contributed by atoms with Gasteiger partial charge in [-0.3, -0.25) is 19.5 Å². The van der Waals surface area contributed by atoms with E-state index >= 15 is 0 Å². The lowest BCUT2D eigenvalue weighted by molar-refractivity contribution is -0.127. The van der Waals surface area contributed by atoms with E-state index in [1.165, 1.54) is 0 Å². The summed E-state index contributed by atoms with van der Waals surface area (Å²) in [6.45, 7) is 3.94. The highest BCUT2D eigenvalue weighted by atomic mass is 127. The van der Waals surface area contributed by atoms with E-state index < -0.39 is 0 Å². The summed E-state index contributed by atoms with van der Waals surface area (Å²) in [5, 5.41) is 6.11. The van der Waals surface area contributed by atoms with Crippen LogP contribution >= 0.6 is 24.0 Å². The summed E-state index contributed by atoms with van der Waals surface area (Å²) >= 11 is 0. The molecule has 2 fully saturated rings. The van der Waals surface area contributed by atoms with Crippen LogP contribution in [-0.4, -0.2) is 98.9 Å². The number of carbonyl (C=O) groups excluding carboxylic acids is 2. The summed E-state index contributed by atoms with van der Waals surface area (Å²) in [6, 6.07) is 0.418. The minimum absolute atomic E-state index is 0. The van der Waals surface area contributed by atoms with Crippen molar-refractivity contribution >= 4 is 41.8 Å². The Balaban J connectivity index is 0.00000288. The summed E-state index contributed by atoms with van der Waals surface area (Å²) in [4.78, 5) is 33.6. The lowest BCUT2D eigenvalue weighted by Crippen LogP contribution is -2.54. The van der Waals surface area contributed by atoms with Gasteiger partial charge in [0.2, 0.25) is 11.8 Å². The molecule has 0 aromatic heterocycles. The topological polar surface area (TPSA) is 80.3 Å². The fraction of sp³-hybridized carbons (Fsp3) is 0.800. The normalized spacial score (nSPS) is 18.6. The molecule has 1 aliphatic carbocycles. The summed E-state index contributed by atoms with van der Waals surface area (Å²) < 4.78 is 0. The van der Waals surface area contributed by atoms with Crippen molar-refractivity contribution in [3.63, 3.8) is 0 Å². The summed E-state index contributed by atoms with van der Waals surface area (Å²) in [6.07, 6.45) is 2.24. The van der Waals surface area contributed by atoms with Gasteiger partial charge in [0.1, 0.15) is 0 Å². The predicted octanol–water partition coefficient (Wildman–Crippen LogP) is -0.836.